The lowest BCUT2D eigenvalue weighted by Crippen LogP contribution is -2.47. The molecule has 0 radical (unpaired) electrons. The van der Waals surface area contributed by atoms with Gasteiger partial charge in [0.2, 0.25) is 5.91 Å². The summed E-state index contributed by atoms with van der Waals surface area (Å²) in [5, 5.41) is 6.66. The van der Waals surface area contributed by atoms with E-state index in [4.69, 9.17) is 4.74 Å². The van der Waals surface area contributed by atoms with E-state index in [0.29, 0.717) is 17.7 Å². The van der Waals surface area contributed by atoms with E-state index in [1.807, 2.05) is 0 Å². The van der Waals surface area contributed by atoms with Crippen molar-refractivity contribution in [1.29, 1.82) is 0 Å². The highest BCUT2D eigenvalue weighted by molar-refractivity contribution is 5.85. The Morgan fingerprint density at radius 3 is 2.57 bits per heavy atom. The van der Waals surface area contributed by atoms with Gasteiger partial charge in [-0.1, -0.05) is 32.1 Å². The normalized spacial score (nSPS) is 30.3. The number of rotatable bonds is 6. The van der Waals surface area contributed by atoms with Gasteiger partial charge in [-0.3, -0.25) is 4.79 Å². The molecule has 5 heteroatoms. The van der Waals surface area contributed by atoms with Gasteiger partial charge in [-0.25, -0.2) is 0 Å². The molecular formula is C18H33ClN2O2. The Hall–Kier alpha value is -0.320. The number of methoxy groups -OCH3 is 1. The van der Waals surface area contributed by atoms with Gasteiger partial charge in [-0.2, -0.15) is 0 Å². The molecule has 1 aliphatic heterocycles. The molecule has 2 unspecified atom stereocenters. The number of hydrogen-bond acceptors (Lipinski definition) is 3. The van der Waals surface area contributed by atoms with Gasteiger partial charge in [0.05, 0.1) is 6.61 Å². The largest absolute Gasteiger partial charge is 0.384 e. The summed E-state index contributed by atoms with van der Waals surface area (Å²) >= 11 is 0. The smallest absolute Gasteiger partial charge is 0.223 e. The second-order valence-electron chi connectivity index (χ2n) is 7.80. The Labute approximate surface area is 146 Å². The minimum absolute atomic E-state index is 0. The number of amides is 1. The molecule has 0 bridgehead atoms. The second kappa shape index (κ2) is 8.68. The van der Waals surface area contributed by atoms with Gasteiger partial charge in [0, 0.05) is 25.0 Å². The number of ether oxygens (including phenoxy) is 1. The third-order valence-electron chi connectivity index (χ3n) is 6.18. The Kier molecular flexibility index (Phi) is 7.18. The zero-order valence-electron chi connectivity index (χ0n) is 14.4. The Balaban J connectivity index is 0.00000192. The van der Waals surface area contributed by atoms with Crippen molar-refractivity contribution in [1.82, 2.24) is 10.6 Å². The second-order valence-corrected chi connectivity index (χ2v) is 7.80. The summed E-state index contributed by atoms with van der Waals surface area (Å²) in [6, 6.07) is 0. The standard InChI is InChI=1S/C18H32N2O2.ClH/c1-22-13-18(7-9-19-10-8-18)12-20-17(21)16-11-15(16)14-5-3-2-4-6-14;/h14-16,19H,2-13H2,1H3,(H,20,21);1H. The summed E-state index contributed by atoms with van der Waals surface area (Å²) in [5.41, 5.74) is 0.144. The summed E-state index contributed by atoms with van der Waals surface area (Å²) in [6.07, 6.45) is 10.2. The molecule has 2 N–H and O–H groups in total. The van der Waals surface area contributed by atoms with Crippen LogP contribution in [0.2, 0.25) is 0 Å². The van der Waals surface area contributed by atoms with Crippen LogP contribution < -0.4 is 10.6 Å². The van der Waals surface area contributed by atoms with Gasteiger partial charge >= 0.3 is 0 Å². The van der Waals surface area contributed by atoms with Gasteiger partial charge in [0.15, 0.2) is 0 Å². The van der Waals surface area contributed by atoms with Crippen LogP contribution in [0.3, 0.4) is 0 Å². The minimum atomic E-state index is 0. The molecule has 0 aromatic rings. The predicted octanol–water partition coefficient (Wildman–Crippen LogP) is 2.76. The summed E-state index contributed by atoms with van der Waals surface area (Å²) in [6.45, 7) is 3.61. The average Bonchev–Trinajstić information content (AvgIpc) is 3.36. The van der Waals surface area contributed by atoms with E-state index in [9.17, 15) is 4.79 Å². The lowest BCUT2D eigenvalue weighted by atomic mass is 9.79. The quantitative estimate of drug-likeness (QED) is 0.779. The number of nitrogens with one attached hydrogen (secondary N) is 2. The molecule has 134 valence electrons. The molecule has 0 spiro atoms. The summed E-state index contributed by atoms with van der Waals surface area (Å²) in [7, 11) is 1.77. The van der Waals surface area contributed by atoms with Crippen LogP contribution in [-0.4, -0.2) is 39.3 Å². The average molecular weight is 345 g/mol. The van der Waals surface area contributed by atoms with Gasteiger partial charge in [0.25, 0.3) is 0 Å². The van der Waals surface area contributed by atoms with Crippen molar-refractivity contribution in [2.45, 2.75) is 51.4 Å². The molecular weight excluding hydrogens is 312 g/mol. The molecule has 2 saturated carbocycles. The van der Waals surface area contributed by atoms with Crippen molar-refractivity contribution in [2.75, 3.05) is 33.4 Å². The summed E-state index contributed by atoms with van der Waals surface area (Å²) in [4.78, 5) is 12.5. The molecule has 4 nitrogen and oxygen atoms in total. The van der Waals surface area contributed by atoms with Crippen LogP contribution in [0.4, 0.5) is 0 Å². The first-order valence-electron chi connectivity index (χ1n) is 9.21. The van der Waals surface area contributed by atoms with Gasteiger partial charge in [-0.05, 0) is 44.2 Å². The van der Waals surface area contributed by atoms with Crippen molar-refractivity contribution >= 4 is 18.3 Å². The number of carbonyl (C=O) groups is 1. The van der Waals surface area contributed by atoms with Crippen LogP contribution in [0.25, 0.3) is 0 Å². The molecule has 0 aromatic heterocycles. The van der Waals surface area contributed by atoms with E-state index in [-0.39, 0.29) is 17.8 Å². The zero-order valence-corrected chi connectivity index (χ0v) is 15.3. The molecule has 3 fully saturated rings. The first kappa shape index (κ1) is 19.0. The molecule has 3 rings (SSSR count). The fourth-order valence-corrected chi connectivity index (χ4v) is 4.64. The van der Waals surface area contributed by atoms with Gasteiger partial charge in [-0.15, -0.1) is 12.4 Å². The maximum Gasteiger partial charge on any atom is 0.223 e. The van der Waals surface area contributed by atoms with Crippen molar-refractivity contribution in [2.24, 2.45) is 23.2 Å². The molecule has 2 atom stereocenters. The maximum atomic E-state index is 12.5. The zero-order chi connectivity index (χ0) is 15.4. The molecule has 1 heterocycles. The Morgan fingerprint density at radius 1 is 1.22 bits per heavy atom. The fraction of sp³-hybridized carbons (Fsp3) is 0.944. The number of hydrogen-bond donors (Lipinski definition) is 2. The molecule has 3 aliphatic rings. The van der Waals surface area contributed by atoms with E-state index in [1.54, 1.807) is 7.11 Å². The lowest BCUT2D eigenvalue weighted by Gasteiger charge is -2.37. The van der Waals surface area contributed by atoms with E-state index < -0.39 is 0 Å². The van der Waals surface area contributed by atoms with Crippen molar-refractivity contribution in [3.63, 3.8) is 0 Å². The first-order valence-corrected chi connectivity index (χ1v) is 9.21. The van der Waals surface area contributed by atoms with Crippen LogP contribution in [0.1, 0.15) is 51.4 Å². The summed E-state index contributed by atoms with van der Waals surface area (Å²) in [5.74, 6) is 2.14. The molecule has 1 amide bonds. The highest BCUT2D eigenvalue weighted by atomic mass is 35.5. The SMILES string of the molecule is COCC1(CNC(=O)C2CC2C2CCCCC2)CCNCC1.Cl. The first-order chi connectivity index (χ1) is 10.7. The van der Waals surface area contributed by atoms with E-state index in [1.165, 1.54) is 32.1 Å². The highest BCUT2D eigenvalue weighted by Gasteiger charge is 2.47. The molecule has 0 aromatic carbocycles. The number of halogens is 1. The fourth-order valence-electron chi connectivity index (χ4n) is 4.64. The van der Waals surface area contributed by atoms with Gasteiger partial charge < -0.3 is 15.4 Å². The van der Waals surface area contributed by atoms with Crippen LogP contribution in [0.5, 0.6) is 0 Å². The van der Waals surface area contributed by atoms with Crippen LogP contribution in [-0.2, 0) is 9.53 Å². The minimum Gasteiger partial charge on any atom is -0.384 e. The third-order valence-corrected chi connectivity index (χ3v) is 6.18. The van der Waals surface area contributed by atoms with E-state index in [2.05, 4.69) is 10.6 Å². The van der Waals surface area contributed by atoms with Crippen LogP contribution in [0.15, 0.2) is 0 Å². The Morgan fingerprint density at radius 2 is 1.91 bits per heavy atom. The third kappa shape index (κ3) is 4.83. The lowest BCUT2D eigenvalue weighted by molar-refractivity contribution is -0.123. The Bertz CT molecular complexity index is 374. The topological polar surface area (TPSA) is 50.4 Å². The maximum absolute atomic E-state index is 12.5. The summed E-state index contributed by atoms with van der Waals surface area (Å²) < 4.78 is 5.43. The molecule has 23 heavy (non-hydrogen) atoms. The highest BCUT2D eigenvalue weighted by Crippen LogP contribution is 2.49. The predicted molar refractivity (Wildman–Crippen MR) is 94.8 cm³/mol. The van der Waals surface area contributed by atoms with E-state index >= 15 is 0 Å². The molecule has 2 aliphatic carbocycles. The van der Waals surface area contributed by atoms with E-state index in [0.717, 1.165) is 51.4 Å². The van der Waals surface area contributed by atoms with Crippen molar-refractivity contribution in [3.05, 3.63) is 0 Å². The number of piperidine rings is 1. The van der Waals surface area contributed by atoms with Crippen LogP contribution >= 0.6 is 12.4 Å². The monoisotopic (exact) mass is 344 g/mol. The van der Waals surface area contributed by atoms with Gasteiger partial charge in [0.1, 0.15) is 0 Å². The molecule has 1 saturated heterocycles. The van der Waals surface area contributed by atoms with Crippen LogP contribution in [0, 0.1) is 23.2 Å². The number of carbonyl (C=O) groups excluding carboxylic acids is 1. The van der Waals surface area contributed by atoms with Crippen molar-refractivity contribution in [3.8, 4) is 0 Å². The van der Waals surface area contributed by atoms with Crippen molar-refractivity contribution < 1.29 is 9.53 Å².